The van der Waals surface area contributed by atoms with Crippen molar-refractivity contribution in [2.45, 2.75) is 56.5 Å². The topological polar surface area (TPSA) is 221 Å². The highest BCUT2D eigenvalue weighted by molar-refractivity contribution is 6.05. The van der Waals surface area contributed by atoms with Crippen LogP contribution >= 0.6 is 0 Å². The smallest absolute Gasteiger partial charge is 0.269 e. The van der Waals surface area contributed by atoms with Gasteiger partial charge in [0.1, 0.15) is 42.2 Å². The van der Waals surface area contributed by atoms with Crippen LogP contribution in [0.15, 0.2) is 84.1 Å². The molecule has 0 saturated heterocycles. The predicted octanol–water partition coefficient (Wildman–Crippen LogP) is 1.21. The zero-order valence-corrected chi connectivity index (χ0v) is 28.1. The van der Waals surface area contributed by atoms with Crippen LogP contribution in [0, 0.1) is 0 Å². The molecule has 3 aromatic carbocycles. The molecule has 4 atom stereocenters. The molecule has 0 aliphatic heterocycles. The van der Waals surface area contributed by atoms with Crippen LogP contribution in [0.4, 0.5) is 0 Å². The van der Waals surface area contributed by atoms with E-state index >= 15 is 0 Å². The number of benzene rings is 3. The maximum absolute atomic E-state index is 11.6. The van der Waals surface area contributed by atoms with E-state index in [1.54, 1.807) is 0 Å². The highest BCUT2D eigenvalue weighted by atomic mass is 16.5. The summed E-state index contributed by atoms with van der Waals surface area (Å²) >= 11 is 0. The van der Waals surface area contributed by atoms with Gasteiger partial charge in [-0.2, -0.15) is 0 Å². The third-order valence-corrected chi connectivity index (χ3v) is 8.45. The summed E-state index contributed by atoms with van der Waals surface area (Å²) in [5, 5.41) is 52.4. The summed E-state index contributed by atoms with van der Waals surface area (Å²) in [5.41, 5.74) is 13.8. The van der Waals surface area contributed by atoms with Crippen molar-refractivity contribution in [2.24, 2.45) is 16.5 Å². The third-order valence-electron chi connectivity index (χ3n) is 8.45. The van der Waals surface area contributed by atoms with Crippen LogP contribution in [0.1, 0.15) is 46.6 Å². The number of hydrogen-bond acceptors (Lipinski definition) is 11. The predicted molar refractivity (Wildman–Crippen MR) is 191 cm³/mol. The summed E-state index contributed by atoms with van der Waals surface area (Å²) < 4.78 is 6.00. The molecule has 9 N–H and O–H groups in total. The van der Waals surface area contributed by atoms with E-state index in [9.17, 15) is 25.2 Å². The molecule has 4 rings (SSSR count). The lowest BCUT2D eigenvalue weighted by Gasteiger charge is -2.30. The zero-order chi connectivity index (χ0) is 35.9. The van der Waals surface area contributed by atoms with E-state index in [4.69, 9.17) is 21.3 Å². The van der Waals surface area contributed by atoms with Gasteiger partial charge in [0.15, 0.2) is 5.69 Å². The van der Waals surface area contributed by atoms with Crippen molar-refractivity contribution < 1.29 is 35.1 Å². The first-order valence-corrected chi connectivity index (χ1v) is 16.8. The molecule has 13 heteroatoms. The van der Waals surface area contributed by atoms with Crippen LogP contribution in [0.5, 0.6) is 5.75 Å². The maximum atomic E-state index is 11.6. The lowest BCUT2D eigenvalue weighted by molar-refractivity contribution is -0.119. The molecule has 0 saturated carbocycles. The first kappa shape index (κ1) is 38.3. The summed E-state index contributed by atoms with van der Waals surface area (Å²) in [6.07, 6.45) is 0.635. The second-order valence-electron chi connectivity index (χ2n) is 12.2. The van der Waals surface area contributed by atoms with Gasteiger partial charge in [0, 0.05) is 32.0 Å². The molecule has 0 radical (unpaired) electrons. The standard InChI is InChI=1S/C37H48N6O7/c38-36(32-33(37(39)49)41-18-17-40-32)42-16-4-3-6-25-11-14-29(15-12-25)50-21-20-43(23-30(45)34(47)35(48)31(46)24-44)19-5-7-26-10-13-27-8-1-2-9-28(27)22-26/h1-2,8-15,17-18,22,30-31,34-35,44-48H,3-7,16,19-21,23-24H2,(H2,38,42)(H2,39,49). The Hall–Kier alpha value is -4.50. The van der Waals surface area contributed by atoms with Crippen LogP contribution in [-0.4, -0.2) is 116 Å². The van der Waals surface area contributed by atoms with Gasteiger partial charge >= 0.3 is 0 Å². The molecule has 0 fully saturated rings. The fourth-order valence-corrected chi connectivity index (χ4v) is 5.60. The molecule has 1 amide bonds. The molecular weight excluding hydrogens is 640 g/mol. The van der Waals surface area contributed by atoms with E-state index < -0.39 is 36.9 Å². The second-order valence-corrected chi connectivity index (χ2v) is 12.2. The van der Waals surface area contributed by atoms with Gasteiger partial charge in [0.05, 0.1) is 12.7 Å². The molecule has 0 aliphatic rings. The van der Waals surface area contributed by atoms with Crippen molar-refractivity contribution in [3.8, 4) is 5.75 Å². The third kappa shape index (κ3) is 11.5. The summed E-state index contributed by atoms with van der Waals surface area (Å²) in [5.74, 6) is 0.106. The molecule has 0 spiro atoms. The van der Waals surface area contributed by atoms with E-state index in [0.29, 0.717) is 32.0 Å². The van der Waals surface area contributed by atoms with Gasteiger partial charge < -0.3 is 41.7 Å². The van der Waals surface area contributed by atoms with Crippen molar-refractivity contribution in [3.05, 3.63) is 102 Å². The Kier molecular flexibility index (Phi) is 15.0. The number of rotatable bonds is 21. The number of aromatic nitrogens is 2. The number of aliphatic hydroxyl groups is 5. The van der Waals surface area contributed by atoms with Crippen LogP contribution in [-0.2, 0) is 12.8 Å². The average Bonchev–Trinajstić information content (AvgIpc) is 3.13. The highest BCUT2D eigenvalue weighted by Crippen LogP contribution is 2.18. The van der Waals surface area contributed by atoms with E-state index in [2.05, 4.69) is 45.3 Å². The molecule has 1 aromatic heterocycles. The number of nitrogens with zero attached hydrogens (tertiary/aromatic N) is 4. The van der Waals surface area contributed by atoms with Gasteiger partial charge in [-0.15, -0.1) is 0 Å². The minimum absolute atomic E-state index is 0.00745. The fraction of sp³-hybridized carbons (Fsp3) is 0.405. The minimum atomic E-state index is -1.68. The maximum Gasteiger partial charge on any atom is 0.269 e. The van der Waals surface area contributed by atoms with Gasteiger partial charge in [-0.25, -0.2) is 9.97 Å². The van der Waals surface area contributed by atoms with E-state index in [1.165, 1.54) is 28.7 Å². The van der Waals surface area contributed by atoms with E-state index in [1.807, 2.05) is 41.3 Å². The van der Waals surface area contributed by atoms with Crippen molar-refractivity contribution in [3.63, 3.8) is 0 Å². The van der Waals surface area contributed by atoms with Gasteiger partial charge in [0.2, 0.25) is 0 Å². The Bertz CT molecular complexity index is 1670. The molecule has 4 aromatic rings. The number of nitrogens with two attached hydrogens (primary N) is 2. The van der Waals surface area contributed by atoms with Crippen molar-refractivity contribution in [1.29, 1.82) is 0 Å². The molecule has 50 heavy (non-hydrogen) atoms. The zero-order valence-electron chi connectivity index (χ0n) is 28.1. The molecule has 1 heterocycles. The number of aliphatic hydroxyl groups excluding tert-OH is 5. The van der Waals surface area contributed by atoms with Gasteiger partial charge in [-0.05, 0) is 72.7 Å². The monoisotopic (exact) mass is 688 g/mol. The van der Waals surface area contributed by atoms with Crippen LogP contribution in [0.3, 0.4) is 0 Å². The number of hydrogen-bond donors (Lipinski definition) is 7. The Morgan fingerprint density at radius 3 is 2.16 bits per heavy atom. The van der Waals surface area contributed by atoms with Crippen molar-refractivity contribution in [1.82, 2.24) is 14.9 Å². The van der Waals surface area contributed by atoms with Crippen LogP contribution in [0.25, 0.3) is 10.8 Å². The average molecular weight is 689 g/mol. The number of carbonyl (C=O) groups is 1. The number of fused-ring (bicyclic) bond motifs is 1. The lowest BCUT2D eigenvalue weighted by Crippen LogP contribution is -2.50. The largest absolute Gasteiger partial charge is 0.492 e. The number of unbranched alkanes of at least 4 members (excludes halogenated alkanes) is 1. The Morgan fingerprint density at radius 1 is 0.780 bits per heavy atom. The van der Waals surface area contributed by atoms with Crippen LogP contribution < -0.4 is 16.2 Å². The Labute approximate surface area is 291 Å². The Balaban J connectivity index is 1.25. The molecule has 0 bridgehead atoms. The van der Waals surface area contributed by atoms with Crippen molar-refractivity contribution in [2.75, 3.05) is 39.4 Å². The first-order valence-electron chi connectivity index (χ1n) is 16.8. The number of primary amides is 1. The van der Waals surface area contributed by atoms with Gasteiger partial charge in [0.25, 0.3) is 5.91 Å². The fourth-order valence-electron chi connectivity index (χ4n) is 5.60. The summed E-state index contributed by atoms with van der Waals surface area (Å²) in [4.78, 5) is 25.8. The number of amidine groups is 1. The lowest BCUT2D eigenvalue weighted by atomic mass is 10.0. The normalized spacial score (nSPS) is 14.4. The summed E-state index contributed by atoms with van der Waals surface area (Å²) in [6, 6.07) is 22.4. The van der Waals surface area contributed by atoms with Crippen LogP contribution in [0.2, 0.25) is 0 Å². The SMILES string of the molecule is NC(=O)c1nccnc1C(N)=NCCCCc1ccc(OCCN(CCCc2ccc3ccccc3c2)CC(O)C(O)C(O)C(O)CO)cc1. The number of ether oxygens (including phenoxy) is 1. The quantitative estimate of drug-likeness (QED) is 0.0375. The summed E-state index contributed by atoms with van der Waals surface area (Å²) in [7, 11) is 0. The molecule has 4 unspecified atom stereocenters. The number of aryl methyl sites for hydroxylation is 2. The molecular formula is C37H48N6O7. The Morgan fingerprint density at radius 2 is 1.44 bits per heavy atom. The first-order chi connectivity index (χ1) is 24.2. The molecule has 13 nitrogen and oxygen atoms in total. The minimum Gasteiger partial charge on any atom is -0.492 e. The summed E-state index contributed by atoms with van der Waals surface area (Å²) in [6.45, 7) is 1.13. The highest BCUT2D eigenvalue weighted by Gasteiger charge is 2.31. The molecule has 0 aliphatic carbocycles. The number of amides is 1. The second kappa shape index (κ2) is 19.6. The number of aliphatic imine (C=N–C) groups is 1. The van der Waals surface area contributed by atoms with E-state index in [-0.39, 0.29) is 23.8 Å². The van der Waals surface area contributed by atoms with Crippen molar-refractivity contribution >= 4 is 22.5 Å². The van der Waals surface area contributed by atoms with Gasteiger partial charge in [-0.3, -0.25) is 14.7 Å². The van der Waals surface area contributed by atoms with Gasteiger partial charge in [-0.1, -0.05) is 54.6 Å². The number of carbonyl (C=O) groups excluding carboxylic acids is 1. The molecule has 268 valence electrons. The van der Waals surface area contributed by atoms with E-state index in [0.717, 1.165) is 37.7 Å².